The van der Waals surface area contributed by atoms with Crippen molar-refractivity contribution in [2.24, 2.45) is 0 Å². The number of rotatable bonds is 1. The lowest BCUT2D eigenvalue weighted by molar-refractivity contribution is 0.451. The summed E-state index contributed by atoms with van der Waals surface area (Å²) < 4.78 is 0. The molecule has 2 nitrogen and oxygen atoms in total. The van der Waals surface area contributed by atoms with Crippen molar-refractivity contribution in [3.8, 4) is 11.5 Å². The van der Waals surface area contributed by atoms with Gasteiger partial charge in [-0.1, -0.05) is 13.8 Å². The second-order valence-electron chi connectivity index (χ2n) is 2.93. The lowest BCUT2D eigenvalue weighted by atomic mass is 10.0. The number of benzene rings is 1. The van der Waals surface area contributed by atoms with Gasteiger partial charge in [-0.25, -0.2) is 0 Å². The average molecular weight is 153 g/mol. The Labute approximate surface area is 66.1 Å². The standard InChI is InChI=1S/C9H12O2/c1-6(2)8-5-7(10)3-4-9(8)11/h3-6,10-11H,1-2H3/p+1. The molecule has 11 heavy (non-hydrogen) atoms. The van der Waals surface area contributed by atoms with Crippen molar-refractivity contribution in [2.45, 2.75) is 19.8 Å². The first-order valence-corrected chi connectivity index (χ1v) is 3.66. The van der Waals surface area contributed by atoms with Crippen LogP contribution in [0.3, 0.4) is 0 Å². The molecule has 0 radical (unpaired) electrons. The van der Waals surface area contributed by atoms with E-state index >= 15 is 0 Å². The van der Waals surface area contributed by atoms with Crippen LogP contribution in [-0.4, -0.2) is 10.2 Å². The molecule has 0 saturated carbocycles. The molecule has 0 aromatic heterocycles. The van der Waals surface area contributed by atoms with Gasteiger partial charge in [0.15, 0.2) is 0 Å². The summed E-state index contributed by atoms with van der Waals surface area (Å²) >= 11 is 0. The van der Waals surface area contributed by atoms with Gasteiger partial charge in [0.2, 0.25) is 0 Å². The van der Waals surface area contributed by atoms with Crippen LogP contribution in [-0.2, 0) is 0 Å². The van der Waals surface area contributed by atoms with Crippen molar-refractivity contribution in [3.63, 3.8) is 0 Å². The third-order valence-corrected chi connectivity index (χ3v) is 1.65. The van der Waals surface area contributed by atoms with Gasteiger partial charge in [0.1, 0.15) is 5.75 Å². The lowest BCUT2D eigenvalue weighted by Crippen LogP contribution is -1.86. The molecule has 1 aromatic carbocycles. The SMILES string of the molecule is CC(C)c1cc([OH2+])ccc1O. The van der Waals surface area contributed by atoms with Crippen molar-refractivity contribution in [1.29, 1.82) is 0 Å². The van der Waals surface area contributed by atoms with Gasteiger partial charge in [0.05, 0.1) is 0 Å². The third-order valence-electron chi connectivity index (χ3n) is 1.65. The second kappa shape index (κ2) is 2.82. The van der Waals surface area contributed by atoms with E-state index in [1.165, 1.54) is 0 Å². The van der Waals surface area contributed by atoms with E-state index in [-0.39, 0.29) is 11.7 Å². The Balaban J connectivity index is 3.13. The summed E-state index contributed by atoms with van der Waals surface area (Å²) in [5, 5.41) is 16.6. The molecule has 0 heterocycles. The van der Waals surface area contributed by atoms with Gasteiger partial charge >= 0.3 is 0 Å². The van der Waals surface area contributed by atoms with Crippen LogP contribution in [0.1, 0.15) is 25.3 Å². The van der Waals surface area contributed by atoms with Gasteiger partial charge in [-0.3, -0.25) is 0 Å². The van der Waals surface area contributed by atoms with Crippen LogP contribution >= 0.6 is 0 Å². The van der Waals surface area contributed by atoms with Crippen LogP contribution in [0.5, 0.6) is 11.5 Å². The van der Waals surface area contributed by atoms with Crippen molar-refractivity contribution >= 4 is 0 Å². The van der Waals surface area contributed by atoms with Crippen LogP contribution < -0.4 is 0 Å². The second-order valence-corrected chi connectivity index (χ2v) is 2.93. The zero-order valence-electron chi connectivity index (χ0n) is 6.76. The zero-order valence-corrected chi connectivity index (χ0v) is 6.76. The van der Waals surface area contributed by atoms with Gasteiger partial charge in [-0.15, -0.1) is 0 Å². The first-order chi connectivity index (χ1) is 5.11. The summed E-state index contributed by atoms with van der Waals surface area (Å²) in [5.41, 5.74) is 0.845. The first-order valence-electron chi connectivity index (χ1n) is 3.66. The van der Waals surface area contributed by atoms with Crippen LogP contribution in [0.2, 0.25) is 0 Å². The van der Waals surface area contributed by atoms with Crippen molar-refractivity contribution in [1.82, 2.24) is 0 Å². The van der Waals surface area contributed by atoms with E-state index in [2.05, 4.69) is 0 Å². The normalized spacial score (nSPS) is 10.5. The molecule has 0 fully saturated rings. The van der Waals surface area contributed by atoms with Gasteiger partial charge in [-0.2, -0.15) is 0 Å². The zero-order chi connectivity index (χ0) is 8.43. The summed E-state index contributed by atoms with van der Waals surface area (Å²) in [6.07, 6.45) is 0. The van der Waals surface area contributed by atoms with Gasteiger partial charge in [0, 0.05) is 17.7 Å². The molecule has 2 heteroatoms. The Morgan fingerprint density at radius 1 is 1.36 bits per heavy atom. The highest BCUT2D eigenvalue weighted by molar-refractivity contribution is 5.40. The molecule has 3 N–H and O–H groups in total. The monoisotopic (exact) mass is 153 g/mol. The topological polar surface area (TPSA) is 43.1 Å². The molecule has 1 aromatic rings. The number of aromatic hydroxyl groups is 1. The van der Waals surface area contributed by atoms with E-state index < -0.39 is 0 Å². The molecule has 0 aliphatic heterocycles. The van der Waals surface area contributed by atoms with Gasteiger partial charge in [-0.05, 0) is 12.0 Å². The molecular weight excluding hydrogens is 140 g/mol. The van der Waals surface area contributed by atoms with Crippen LogP contribution in [0.15, 0.2) is 18.2 Å². The van der Waals surface area contributed by atoms with Crippen LogP contribution in [0.25, 0.3) is 0 Å². The quantitative estimate of drug-likeness (QED) is 0.616. The molecule has 1 rings (SSSR count). The minimum Gasteiger partial charge on any atom is -0.593 e. The number of hydrogen-bond acceptors (Lipinski definition) is 1. The molecule has 0 bridgehead atoms. The Hall–Kier alpha value is -1.18. The fourth-order valence-corrected chi connectivity index (χ4v) is 1.02. The fourth-order valence-electron chi connectivity index (χ4n) is 1.02. The first kappa shape index (κ1) is 7.92. The molecule has 0 unspecified atom stereocenters. The van der Waals surface area contributed by atoms with Gasteiger partial charge < -0.3 is 10.2 Å². The van der Waals surface area contributed by atoms with Crippen molar-refractivity contribution < 1.29 is 10.2 Å². The Bertz CT molecular complexity index is 254. The predicted octanol–water partition coefficient (Wildman–Crippen LogP) is 1.95. The lowest BCUT2D eigenvalue weighted by Gasteiger charge is -2.06. The summed E-state index contributed by atoms with van der Waals surface area (Å²) in [4.78, 5) is 0. The Morgan fingerprint density at radius 3 is 2.45 bits per heavy atom. The maximum atomic E-state index is 9.32. The minimum absolute atomic E-state index is 0.278. The largest absolute Gasteiger partial charge is 0.593 e. The van der Waals surface area contributed by atoms with Gasteiger partial charge in [0.25, 0.3) is 5.75 Å². The number of hydrogen-bond donors (Lipinski definition) is 1. The van der Waals surface area contributed by atoms with Crippen LogP contribution in [0, 0.1) is 0 Å². The highest BCUT2D eigenvalue weighted by Crippen LogP contribution is 2.28. The highest BCUT2D eigenvalue weighted by atomic mass is 16.3. The maximum Gasteiger partial charge on any atom is 0.254 e. The molecule has 0 aliphatic carbocycles. The third kappa shape index (κ3) is 1.64. The molecule has 60 valence electrons. The molecule has 0 saturated heterocycles. The molecule has 0 spiro atoms. The van der Waals surface area contributed by atoms with E-state index in [0.717, 1.165) is 5.56 Å². The summed E-state index contributed by atoms with van der Waals surface area (Å²) in [6, 6.07) is 4.85. The Morgan fingerprint density at radius 2 is 2.00 bits per heavy atom. The van der Waals surface area contributed by atoms with E-state index in [0.29, 0.717) is 5.75 Å². The van der Waals surface area contributed by atoms with E-state index in [1.807, 2.05) is 13.8 Å². The molecule has 0 amide bonds. The molecular formula is C9H13O2+. The molecule has 0 aliphatic rings. The van der Waals surface area contributed by atoms with Crippen LogP contribution in [0.4, 0.5) is 0 Å². The van der Waals surface area contributed by atoms with E-state index in [1.54, 1.807) is 18.2 Å². The summed E-state index contributed by atoms with van der Waals surface area (Å²) in [7, 11) is 0. The van der Waals surface area contributed by atoms with E-state index in [9.17, 15) is 5.11 Å². The van der Waals surface area contributed by atoms with E-state index in [4.69, 9.17) is 5.11 Å². The van der Waals surface area contributed by atoms with Crippen molar-refractivity contribution in [2.75, 3.05) is 0 Å². The fraction of sp³-hybridized carbons (Fsp3) is 0.333. The summed E-state index contributed by atoms with van der Waals surface area (Å²) in [5.74, 6) is 1.02. The minimum atomic E-state index is 0.278. The number of phenolic OH excluding ortho intramolecular Hbond substituents is 1. The maximum absolute atomic E-state index is 9.32. The summed E-state index contributed by atoms with van der Waals surface area (Å²) in [6.45, 7) is 3.99. The van der Waals surface area contributed by atoms with Crippen molar-refractivity contribution in [3.05, 3.63) is 23.8 Å². The Kier molecular flexibility index (Phi) is 2.03. The molecule has 0 atom stereocenters. The highest BCUT2D eigenvalue weighted by Gasteiger charge is 2.07. The smallest absolute Gasteiger partial charge is 0.254 e. The average Bonchev–Trinajstić information content (AvgIpc) is 1.94. The number of phenols is 1. The predicted molar refractivity (Wildman–Crippen MR) is 45.3 cm³/mol.